The van der Waals surface area contributed by atoms with Crippen LogP contribution in [-0.4, -0.2) is 11.6 Å². The van der Waals surface area contributed by atoms with Crippen molar-refractivity contribution in [1.29, 1.82) is 0 Å². The van der Waals surface area contributed by atoms with E-state index in [9.17, 15) is 9.59 Å². The van der Waals surface area contributed by atoms with Crippen molar-refractivity contribution in [2.45, 2.75) is 79.1 Å². The summed E-state index contributed by atoms with van der Waals surface area (Å²) in [5.74, 6) is 3.83. The van der Waals surface area contributed by atoms with E-state index in [1.54, 1.807) is 0 Å². The van der Waals surface area contributed by atoms with Gasteiger partial charge in [-0.1, -0.05) is 32.8 Å². The standard InChI is InChI=1S/C23H34O2/c1-5-15-12-20-18-7-6-16-13-17(25)8-10-22(16,3)19(18)9-11-23(20,4)21(15)14(2)24/h13,15,18-21H,5-12H2,1-4H3/t15-,18-,19-,20-,21-,22+,23+/m1/s1. The molecule has 4 aliphatic rings. The van der Waals surface area contributed by atoms with Gasteiger partial charge in [0.25, 0.3) is 0 Å². The molecule has 0 aromatic carbocycles. The first-order chi connectivity index (χ1) is 11.8. The number of fused-ring (bicyclic) bond motifs is 5. The number of rotatable bonds is 2. The Morgan fingerprint density at radius 2 is 1.92 bits per heavy atom. The molecule has 4 aliphatic carbocycles. The van der Waals surface area contributed by atoms with Gasteiger partial charge < -0.3 is 0 Å². The summed E-state index contributed by atoms with van der Waals surface area (Å²) >= 11 is 0. The van der Waals surface area contributed by atoms with Gasteiger partial charge in [0.05, 0.1) is 0 Å². The van der Waals surface area contributed by atoms with Gasteiger partial charge in [-0.05, 0) is 86.0 Å². The first-order valence-electron chi connectivity index (χ1n) is 10.6. The van der Waals surface area contributed by atoms with Gasteiger partial charge in [-0.25, -0.2) is 0 Å². The molecule has 0 spiro atoms. The van der Waals surface area contributed by atoms with Crippen LogP contribution in [0.15, 0.2) is 11.6 Å². The van der Waals surface area contributed by atoms with Crippen LogP contribution in [0.4, 0.5) is 0 Å². The molecule has 0 N–H and O–H groups in total. The number of carbonyl (C=O) groups excluding carboxylic acids is 2. The summed E-state index contributed by atoms with van der Waals surface area (Å²) in [6.45, 7) is 8.99. The van der Waals surface area contributed by atoms with Crippen molar-refractivity contribution in [1.82, 2.24) is 0 Å². The summed E-state index contributed by atoms with van der Waals surface area (Å²) in [6, 6.07) is 0. The molecular weight excluding hydrogens is 308 g/mol. The van der Waals surface area contributed by atoms with E-state index in [2.05, 4.69) is 20.8 Å². The third-order valence-corrected chi connectivity index (χ3v) is 9.10. The zero-order chi connectivity index (χ0) is 18.0. The Morgan fingerprint density at radius 3 is 2.60 bits per heavy atom. The van der Waals surface area contributed by atoms with Crippen LogP contribution >= 0.6 is 0 Å². The van der Waals surface area contributed by atoms with Crippen LogP contribution < -0.4 is 0 Å². The predicted octanol–water partition coefficient (Wildman–Crippen LogP) is 5.36. The molecule has 0 heterocycles. The van der Waals surface area contributed by atoms with Gasteiger partial charge in [-0.3, -0.25) is 9.59 Å². The molecule has 0 bridgehead atoms. The Kier molecular flexibility index (Phi) is 4.05. The van der Waals surface area contributed by atoms with E-state index in [4.69, 9.17) is 0 Å². The molecule has 2 heteroatoms. The van der Waals surface area contributed by atoms with Crippen LogP contribution in [0.5, 0.6) is 0 Å². The van der Waals surface area contributed by atoms with Gasteiger partial charge in [0.1, 0.15) is 5.78 Å². The molecule has 25 heavy (non-hydrogen) atoms. The van der Waals surface area contributed by atoms with E-state index in [1.807, 2.05) is 13.0 Å². The number of hydrogen-bond donors (Lipinski definition) is 0. The minimum Gasteiger partial charge on any atom is -0.300 e. The Bertz CT molecular complexity index is 632. The highest BCUT2D eigenvalue weighted by molar-refractivity contribution is 5.91. The van der Waals surface area contributed by atoms with Crippen molar-refractivity contribution >= 4 is 11.6 Å². The molecule has 0 radical (unpaired) electrons. The van der Waals surface area contributed by atoms with Gasteiger partial charge in [0.15, 0.2) is 5.78 Å². The largest absolute Gasteiger partial charge is 0.300 e. The lowest BCUT2D eigenvalue weighted by Crippen LogP contribution is -2.51. The number of Topliss-reactive ketones (excluding diaryl/α,β-unsaturated/α-hetero) is 1. The van der Waals surface area contributed by atoms with Crippen LogP contribution in [-0.2, 0) is 9.59 Å². The van der Waals surface area contributed by atoms with Crippen LogP contribution in [0, 0.1) is 40.4 Å². The third-order valence-electron chi connectivity index (χ3n) is 9.10. The lowest BCUT2D eigenvalue weighted by molar-refractivity contribution is -0.130. The molecule has 7 atom stereocenters. The fraction of sp³-hybridized carbons (Fsp3) is 0.826. The fourth-order valence-electron chi connectivity index (χ4n) is 7.94. The van der Waals surface area contributed by atoms with E-state index in [0.29, 0.717) is 23.4 Å². The summed E-state index contributed by atoms with van der Waals surface area (Å²) < 4.78 is 0. The Balaban J connectivity index is 1.69. The van der Waals surface area contributed by atoms with E-state index in [0.717, 1.165) is 37.5 Å². The Hall–Kier alpha value is -0.920. The molecule has 0 aliphatic heterocycles. The smallest absolute Gasteiger partial charge is 0.155 e. The van der Waals surface area contributed by atoms with Gasteiger partial charge >= 0.3 is 0 Å². The molecule has 3 saturated carbocycles. The van der Waals surface area contributed by atoms with Crippen molar-refractivity contribution in [3.8, 4) is 0 Å². The van der Waals surface area contributed by atoms with Gasteiger partial charge in [-0.2, -0.15) is 0 Å². The maximum atomic E-state index is 12.5. The summed E-state index contributed by atoms with van der Waals surface area (Å²) in [6.07, 6.45) is 11.0. The summed E-state index contributed by atoms with van der Waals surface area (Å²) in [4.78, 5) is 24.5. The maximum Gasteiger partial charge on any atom is 0.155 e. The lowest BCUT2D eigenvalue weighted by atomic mass is 9.46. The highest BCUT2D eigenvalue weighted by Crippen LogP contribution is 2.68. The molecule has 2 nitrogen and oxygen atoms in total. The third kappa shape index (κ3) is 2.35. The minimum absolute atomic E-state index is 0.218. The number of ketones is 2. The molecule has 4 rings (SSSR count). The number of carbonyl (C=O) groups is 2. The van der Waals surface area contributed by atoms with Crippen LogP contribution in [0.25, 0.3) is 0 Å². The van der Waals surface area contributed by atoms with Crippen LogP contribution in [0.2, 0.25) is 0 Å². The van der Waals surface area contributed by atoms with Gasteiger partial charge in [-0.15, -0.1) is 0 Å². The van der Waals surface area contributed by atoms with E-state index < -0.39 is 0 Å². The molecule has 0 amide bonds. The molecule has 0 saturated heterocycles. The molecule has 138 valence electrons. The average molecular weight is 343 g/mol. The fourth-order valence-corrected chi connectivity index (χ4v) is 7.94. The molecule has 0 unspecified atom stereocenters. The van der Waals surface area contributed by atoms with E-state index in [-0.39, 0.29) is 16.7 Å². The highest BCUT2D eigenvalue weighted by Gasteiger charge is 2.61. The van der Waals surface area contributed by atoms with Crippen molar-refractivity contribution in [2.75, 3.05) is 0 Å². The predicted molar refractivity (Wildman–Crippen MR) is 100 cm³/mol. The normalized spacial score (nSPS) is 49.0. The quantitative estimate of drug-likeness (QED) is 0.677. The van der Waals surface area contributed by atoms with Crippen LogP contribution in [0.3, 0.4) is 0 Å². The van der Waals surface area contributed by atoms with Gasteiger partial charge in [0, 0.05) is 12.3 Å². The summed E-state index contributed by atoms with van der Waals surface area (Å²) in [5, 5.41) is 0. The monoisotopic (exact) mass is 342 g/mol. The first kappa shape index (κ1) is 17.5. The number of allylic oxidation sites excluding steroid dienone is 1. The highest BCUT2D eigenvalue weighted by atomic mass is 16.1. The zero-order valence-corrected chi connectivity index (χ0v) is 16.4. The maximum absolute atomic E-state index is 12.5. The second-order valence-corrected chi connectivity index (χ2v) is 10.0. The second-order valence-electron chi connectivity index (χ2n) is 10.0. The minimum atomic E-state index is 0.218. The van der Waals surface area contributed by atoms with Crippen LogP contribution in [0.1, 0.15) is 79.1 Å². The van der Waals surface area contributed by atoms with Gasteiger partial charge in [0.2, 0.25) is 0 Å². The zero-order valence-electron chi connectivity index (χ0n) is 16.4. The Morgan fingerprint density at radius 1 is 1.16 bits per heavy atom. The number of hydrogen-bond acceptors (Lipinski definition) is 2. The SMILES string of the molecule is CC[C@@H]1C[C@@H]2[C@@H]3CCC4=CC(=O)CC[C@]4(C)[C@@H]3CC[C@]2(C)[C@@H]1C(C)=O. The van der Waals surface area contributed by atoms with Crippen molar-refractivity contribution in [3.63, 3.8) is 0 Å². The van der Waals surface area contributed by atoms with Crippen molar-refractivity contribution in [2.24, 2.45) is 40.4 Å². The Labute approximate surface area is 152 Å². The van der Waals surface area contributed by atoms with E-state index in [1.165, 1.54) is 31.3 Å². The van der Waals surface area contributed by atoms with Crippen molar-refractivity contribution in [3.05, 3.63) is 11.6 Å². The topological polar surface area (TPSA) is 34.1 Å². The molecule has 3 fully saturated rings. The lowest BCUT2D eigenvalue weighted by Gasteiger charge is -2.58. The van der Waals surface area contributed by atoms with Crippen molar-refractivity contribution < 1.29 is 9.59 Å². The molecular formula is C23H34O2. The summed E-state index contributed by atoms with van der Waals surface area (Å²) in [5.41, 5.74) is 1.91. The molecule has 0 aromatic rings. The molecule has 0 aromatic heterocycles. The summed E-state index contributed by atoms with van der Waals surface area (Å²) in [7, 11) is 0. The van der Waals surface area contributed by atoms with E-state index >= 15 is 0 Å². The second kappa shape index (κ2) is 5.79. The first-order valence-corrected chi connectivity index (χ1v) is 10.6. The average Bonchev–Trinajstić information content (AvgIpc) is 2.88.